The van der Waals surface area contributed by atoms with E-state index in [2.05, 4.69) is 37.3 Å². The third-order valence-electron chi connectivity index (χ3n) is 7.01. The van der Waals surface area contributed by atoms with E-state index in [-0.39, 0.29) is 12.0 Å². The zero-order chi connectivity index (χ0) is 24.3. The molecular weight excluding hydrogens is 430 g/mol. The van der Waals surface area contributed by atoms with Gasteiger partial charge in [-0.2, -0.15) is 0 Å². The van der Waals surface area contributed by atoms with Crippen molar-refractivity contribution in [1.82, 2.24) is 4.98 Å². The number of carboxylic acid groups (broad SMARTS) is 1. The third-order valence-corrected chi connectivity index (χ3v) is 7.01. The van der Waals surface area contributed by atoms with Gasteiger partial charge in [-0.1, -0.05) is 43.7 Å². The number of hydrogen-bond acceptors (Lipinski definition) is 5. The summed E-state index contributed by atoms with van der Waals surface area (Å²) in [7, 11) is 1.74. The van der Waals surface area contributed by atoms with Crippen LogP contribution in [-0.2, 0) is 20.7 Å². The molecule has 1 aromatic heterocycles. The number of nitrogens with zero attached hydrogens (tertiary/aromatic N) is 1. The Balaban J connectivity index is 1.54. The summed E-state index contributed by atoms with van der Waals surface area (Å²) in [6.45, 7) is 5.72. The molecule has 6 heteroatoms. The van der Waals surface area contributed by atoms with Crippen LogP contribution < -0.4 is 0 Å². The lowest BCUT2D eigenvalue weighted by molar-refractivity contribution is -0.163. The number of aromatic nitrogens is 1. The molecule has 3 aromatic rings. The molecule has 1 fully saturated rings. The lowest BCUT2D eigenvalue weighted by atomic mass is 9.78. The lowest BCUT2D eigenvalue weighted by Gasteiger charge is -2.34. The van der Waals surface area contributed by atoms with E-state index >= 15 is 0 Å². The molecule has 34 heavy (non-hydrogen) atoms. The molecule has 2 aromatic carbocycles. The van der Waals surface area contributed by atoms with Gasteiger partial charge >= 0.3 is 5.97 Å². The molecule has 1 aliphatic rings. The molecule has 1 heterocycles. The van der Waals surface area contributed by atoms with E-state index in [9.17, 15) is 9.90 Å². The van der Waals surface area contributed by atoms with Crippen LogP contribution in [0.3, 0.4) is 0 Å². The highest BCUT2D eigenvalue weighted by molar-refractivity contribution is 5.86. The summed E-state index contributed by atoms with van der Waals surface area (Å²) in [5.74, 6) is 1.12. The van der Waals surface area contributed by atoms with Gasteiger partial charge in [-0.3, -0.25) is 0 Å². The summed E-state index contributed by atoms with van der Waals surface area (Å²) >= 11 is 0. The molecule has 6 nitrogen and oxygen atoms in total. The summed E-state index contributed by atoms with van der Waals surface area (Å²) in [4.78, 5) is 16.3. The van der Waals surface area contributed by atoms with Crippen LogP contribution in [-0.4, -0.2) is 35.4 Å². The average Bonchev–Trinajstić information content (AvgIpc) is 3.27. The Morgan fingerprint density at radius 3 is 2.68 bits per heavy atom. The second-order valence-electron chi connectivity index (χ2n) is 9.82. The van der Waals surface area contributed by atoms with E-state index in [1.54, 1.807) is 21.0 Å². The van der Waals surface area contributed by atoms with Gasteiger partial charge in [0, 0.05) is 19.1 Å². The number of rotatable bonds is 9. The van der Waals surface area contributed by atoms with Crippen molar-refractivity contribution in [2.24, 2.45) is 11.8 Å². The highest BCUT2D eigenvalue weighted by Crippen LogP contribution is 2.41. The molecule has 0 spiro atoms. The first-order valence-electron chi connectivity index (χ1n) is 12.2. The summed E-state index contributed by atoms with van der Waals surface area (Å²) in [6, 6.07) is 14.5. The van der Waals surface area contributed by atoms with Crippen LogP contribution in [0.25, 0.3) is 22.2 Å². The summed E-state index contributed by atoms with van der Waals surface area (Å²) in [5, 5.41) is 11.7. The fraction of sp³-hybridized carbons (Fsp3) is 0.500. The maximum absolute atomic E-state index is 11.4. The topological polar surface area (TPSA) is 81.8 Å². The Hall–Kier alpha value is -2.70. The van der Waals surface area contributed by atoms with Crippen LogP contribution in [0.4, 0.5) is 0 Å². The Morgan fingerprint density at radius 1 is 1.21 bits per heavy atom. The Kier molecular flexibility index (Phi) is 7.39. The zero-order valence-electron chi connectivity index (χ0n) is 20.5. The first-order chi connectivity index (χ1) is 16.3. The number of methoxy groups -OCH3 is 1. The Bertz CT molecular complexity index is 1130. The SMILES string of the molecule is CCc1oc(-c2ccc3ccccc3c2)nc1C(OC)[C@H]1CCC[C@@H](COC(C)(C)C(=O)O)C1. The maximum Gasteiger partial charge on any atom is 0.335 e. The fourth-order valence-corrected chi connectivity index (χ4v) is 4.96. The van der Waals surface area contributed by atoms with Gasteiger partial charge < -0.3 is 19.0 Å². The second-order valence-corrected chi connectivity index (χ2v) is 9.82. The minimum absolute atomic E-state index is 0.164. The van der Waals surface area contributed by atoms with E-state index in [0.717, 1.165) is 54.5 Å². The van der Waals surface area contributed by atoms with Gasteiger partial charge in [0.25, 0.3) is 0 Å². The Labute approximate surface area is 201 Å². The molecule has 1 unspecified atom stereocenters. The van der Waals surface area contributed by atoms with Gasteiger partial charge in [0.05, 0.1) is 6.61 Å². The average molecular weight is 466 g/mol. The third kappa shape index (κ3) is 5.18. The van der Waals surface area contributed by atoms with Crippen molar-refractivity contribution >= 4 is 16.7 Å². The number of carboxylic acids is 1. The molecule has 182 valence electrons. The summed E-state index contributed by atoms with van der Waals surface area (Å²) in [5.41, 5.74) is 0.662. The largest absolute Gasteiger partial charge is 0.479 e. The highest BCUT2D eigenvalue weighted by Gasteiger charge is 2.35. The van der Waals surface area contributed by atoms with Crippen molar-refractivity contribution in [2.45, 2.75) is 64.6 Å². The molecule has 3 atom stereocenters. The molecule has 0 saturated heterocycles. The zero-order valence-corrected chi connectivity index (χ0v) is 20.5. The fourth-order valence-electron chi connectivity index (χ4n) is 4.96. The van der Waals surface area contributed by atoms with E-state index in [4.69, 9.17) is 18.9 Å². The first-order valence-corrected chi connectivity index (χ1v) is 12.2. The van der Waals surface area contributed by atoms with Gasteiger partial charge in [0.2, 0.25) is 5.89 Å². The van der Waals surface area contributed by atoms with Crippen LogP contribution >= 0.6 is 0 Å². The van der Waals surface area contributed by atoms with Crippen molar-refractivity contribution in [3.63, 3.8) is 0 Å². The van der Waals surface area contributed by atoms with E-state index < -0.39 is 11.6 Å². The van der Waals surface area contributed by atoms with Gasteiger partial charge in [-0.05, 0) is 67.9 Å². The second kappa shape index (κ2) is 10.3. The van der Waals surface area contributed by atoms with Crippen LogP contribution in [0, 0.1) is 11.8 Å². The van der Waals surface area contributed by atoms with Crippen LogP contribution in [0.15, 0.2) is 46.9 Å². The number of aryl methyl sites for hydroxylation is 1. The minimum Gasteiger partial charge on any atom is -0.479 e. The van der Waals surface area contributed by atoms with Crippen LogP contribution in [0.2, 0.25) is 0 Å². The predicted octanol–water partition coefficient (Wildman–Crippen LogP) is 6.43. The maximum atomic E-state index is 11.4. The number of fused-ring (bicyclic) bond motifs is 1. The molecule has 4 rings (SSSR count). The molecule has 0 aliphatic heterocycles. The Morgan fingerprint density at radius 2 is 1.97 bits per heavy atom. The molecule has 0 radical (unpaired) electrons. The van der Waals surface area contributed by atoms with Gasteiger partial charge in [0.15, 0.2) is 5.60 Å². The van der Waals surface area contributed by atoms with Gasteiger partial charge in [-0.15, -0.1) is 0 Å². The molecular formula is C28H35NO5. The number of aliphatic carboxylic acids is 1. The van der Waals surface area contributed by atoms with Gasteiger partial charge in [0.1, 0.15) is 17.6 Å². The predicted molar refractivity (Wildman–Crippen MR) is 132 cm³/mol. The smallest absolute Gasteiger partial charge is 0.335 e. The normalized spacial score (nSPS) is 19.9. The van der Waals surface area contributed by atoms with Crippen molar-refractivity contribution < 1.29 is 23.8 Å². The van der Waals surface area contributed by atoms with E-state index in [0.29, 0.717) is 18.4 Å². The quantitative estimate of drug-likeness (QED) is 0.392. The van der Waals surface area contributed by atoms with Crippen molar-refractivity contribution in [3.8, 4) is 11.5 Å². The highest BCUT2D eigenvalue weighted by atomic mass is 16.5. The number of ether oxygens (including phenoxy) is 2. The lowest BCUT2D eigenvalue weighted by Crippen LogP contribution is -2.37. The van der Waals surface area contributed by atoms with Crippen molar-refractivity contribution in [2.75, 3.05) is 13.7 Å². The summed E-state index contributed by atoms with van der Waals surface area (Å²) < 4.78 is 18.0. The molecule has 0 amide bonds. The van der Waals surface area contributed by atoms with E-state index in [1.807, 2.05) is 12.1 Å². The standard InChI is InChI=1S/C28H35NO5/c1-5-23-24(29-26(34-23)22-14-13-19-10-6-7-11-20(19)16-22)25(32-4)21-12-8-9-18(15-21)17-33-28(2,3)27(30)31/h6-7,10-11,13-14,16,18,21,25H,5,8-9,12,15,17H2,1-4H3,(H,30,31)/t18-,21+,25?/m1/s1. The number of benzene rings is 2. The number of oxazole rings is 1. The molecule has 1 N–H and O–H groups in total. The number of hydrogen-bond donors (Lipinski definition) is 1. The number of carbonyl (C=O) groups is 1. The monoisotopic (exact) mass is 465 g/mol. The van der Waals surface area contributed by atoms with Gasteiger partial charge in [-0.25, -0.2) is 9.78 Å². The summed E-state index contributed by atoms with van der Waals surface area (Å²) in [6.07, 6.45) is 4.62. The molecule has 1 aliphatic carbocycles. The van der Waals surface area contributed by atoms with Crippen LogP contribution in [0.5, 0.6) is 0 Å². The minimum atomic E-state index is -1.18. The molecule has 0 bridgehead atoms. The molecule has 1 saturated carbocycles. The van der Waals surface area contributed by atoms with E-state index in [1.165, 1.54) is 5.39 Å². The van der Waals surface area contributed by atoms with Crippen molar-refractivity contribution in [3.05, 3.63) is 53.9 Å². The van der Waals surface area contributed by atoms with Crippen LogP contribution in [0.1, 0.15) is 64.0 Å². The van der Waals surface area contributed by atoms with Crippen molar-refractivity contribution in [1.29, 1.82) is 0 Å². The first kappa shape index (κ1) is 24.4.